The van der Waals surface area contributed by atoms with Crippen molar-refractivity contribution in [3.8, 4) is 5.75 Å². The van der Waals surface area contributed by atoms with Crippen molar-refractivity contribution in [2.24, 2.45) is 0 Å². The summed E-state index contributed by atoms with van der Waals surface area (Å²) in [6.07, 6.45) is 1.67. The van der Waals surface area contributed by atoms with E-state index in [1.807, 2.05) is 0 Å². The van der Waals surface area contributed by atoms with E-state index >= 15 is 0 Å². The fourth-order valence-electron chi connectivity index (χ4n) is 1.01. The van der Waals surface area contributed by atoms with Crippen LogP contribution in [0.2, 0.25) is 0 Å². The Morgan fingerprint density at radius 3 is 2.57 bits per heavy atom. The summed E-state index contributed by atoms with van der Waals surface area (Å²) in [7, 11) is 1.32. The van der Waals surface area contributed by atoms with Crippen molar-refractivity contribution in [1.82, 2.24) is 4.98 Å². The van der Waals surface area contributed by atoms with Gasteiger partial charge in [0.05, 0.1) is 13.3 Å². The normalized spacial score (nSPS) is 10.6. The fraction of sp³-hybridized carbons (Fsp3) is 0.286. The molecule has 14 heavy (non-hydrogen) atoms. The van der Waals surface area contributed by atoms with E-state index in [9.17, 15) is 12.9 Å². The van der Waals surface area contributed by atoms with Gasteiger partial charge in [0.25, 0.3) is 0 Å². The molecule has 0 saturated carbocycles. The van der Waals surface area contributed by atoms with Gasteiger partial charge in [0.1, 0.15) is 5.75 Å². The van der Waals surface area contributed by atoms with E-state index in [4.69, 9.17) is 4.74 Å². The number of pyridine rings is 1. The molecule has 0 aliphatic rings. The molecule has 0 bridgehead atoms. The molecule has 1 aromatic rings. The maximum absolute atomic E-state index is 12.0. The molecule has 0 fully saturated rings. The Kier molecular flexibility index (Phi) is 6.31. The molecule has 0 unspecified atom stereocenters. The van der Waals surface area contributed by atoms with Gasteiger partial charge in [-0.2, -0.15) is 0 Å². The minimum Gasteiger partial charge on any atom is -0.495 e. The molecule has 0 radical (unpaired) electrons. The van der Waals surface area contributed by atoms with Crippen LogP contribution in [-0.2, 0) is 6.32 Å². The second-order valence-corrected chi connectivity index (χ2v) is 2.60. The van der Waals surface area contributed by atoms with Crippen molar-refractivity contribution in [3.63, 3.8) is 0 Å². The first kappa shape index (κ1) is 14.4. The van der Waals surface area contributed by atoms with Crippen LogP contribution in [0.15, 0.2) is 18.5 Å². The zero-order valence-corrected chi connectivity index (χ0v) is 11.1. The van der Waals surface area contributed by atoms with Gasteiger partial charge < -0.3 is 17.7 Å². The van der Waals surface area contributed by atoms with Gasteiger partial charge in [0.2, 0.25) is 0 Å². The van der Waals surface area contributed by atoms with Crippen LogP contribution in [0, 0.1) is 0 Å². The number of nitrogens with zero attached hydrogens (tertiary/aromatic N) is 1. The molecule has 0 saturated heterocycles. The van der Waals surface area contributed by atoms with Gasteiger partial charge in [-0.15, -0.1) is 0 Å². The number of hydrogen-bond acceptors (Lipinski definition) is 2. The van der Waals surface area contributed by atoms with Crippen molar-refractivity contribution in [2.75, 3.05) is 7.11 Å². The Morgan fingerprint density at radius 1 is 1.43 bits per heavy atom. The van der Waals surface area contributed by atoms with E-state index in [0.29, 0.717) is 0 Å². The van der Waals surface area contributed by atoms with Crippen molar-refractivity contribution >= 4 is 6.98 Å². The second-order valence-electron chi connectivity index (χ2n) is 2.60. The maximum atomic E-state index is 12.0. The second kappa shape index (κ2) is 6.12. The minimum absolute atomic E-state index is 0. The molecule has 0 aromatic carbocycles. The third kappa shape index (κ3) is 4.79. The standard InChI is InChI=1S/C7H8BF3NO.K/c1-13-7-5-12-3-2-6(7)4-8(9,10)11;/h2-3,5H,4H2,1H3;/q-1;+1. The zero-order valence-electron chi connectivity index (χ0n) is 8.01. The van der Waals surface area contributed by atoms with Crippen molar-refractivity contribution in [3.05, 3.63) is 24.0 Å². The van der Waals surface area contributed by atoms with E-state index in [1.54, 1.807) is 0 Å². The molecule has 0 N–H and O–H groups in total. The minimum atomic E-state index is -4.82. The molecule has 0 spiro atoms. The molecular formula is C7H8BF3KNO. The average Bonchev–Trinajstić information content (AvgIpc) is 2.02. The summed E-state index contributed by atoms with van der Waals surface area (Å²) in [5, 5.41) is 0. The Hall–Kier alpha value is 0.441. The number of ether oxygens (including phenoxy) is 1. The Balaban J connectivity index is 0.00000169. The summed E-state index contributed by atoms with van der Waals surface area (Å²) in [4.78, 5) is 3.66. The van der Waals surface area contributed by atoms with Gasteiger partial charge >= 0.3 is 58.4 Å². The van der Waals surface area contributed by atoms with Crippen LogP contribution in [0.3, 0.4) is 0 Å². The van der Waals surface area contributed by atoms with Gasteiger partial charge in [-0.1, -0.05) is 6.32 Å². The van der Waals surface area contributed by atoms with Crippen LogP contribution >= 0.6 is 0 Å². The van der Waals surface area contributed by atoms with E-state index in [-0.39, 0.29) is 62.7 Å². The van der Waals surface area contributed by atoms with Gasteiger partial charge in [-0.25, -0.2) is 0 Å². The molecule has 7 heteroatoms. The van der Waals surface area contributed by atoms with Gasteiger partial charge in [0, 0.05) is 6.20 Å². The topological polar surface area (TPSA) is 22.1 Å². The van der Waals surface area contributed by atoms with E-state index in [0.717, 1.165) is 0 Å². The molecular weight excluding hydrogens is 221 g/mol. The number of aromatic nitrogens is 1. The van der Waals surface area contributed by atoms with E-state index < -0.39 is 13.3 Å². The van der Waals surface area contributed by atoms with Gasteiger partial charge in [-0.3, -0.25) is 4.98 Å². The predicted molar refractivity (Wildman–Crippen MR) is 43.6 cm³/mol. The Labute approximate surface area is 123 Å². The summed E-state index contributed by atoms with van der Waals surface area (Å²) in [5.41, 5.74) is 0.130. The van der Waals surface area contributed by atoms with Crippen LogP contribution in [0.5, 0.6) is 5.75 Å². The molecule has 0 aliphatic heterocycles. The first-order valence-electron chi connectivity index (χ1n) is 3.71. The first-order valence-corrected chi connectivity index (χ1v) is 3.71. The third-order valence-corrected chi connectivity index (χ3v) is 1.54. The zero-order chi connectivity index (χ0) is 9.90. The first-order chi connectivity index (χ1) is 6.03. The third-order valence-electron chi connectivity index (χ3n) is 1.54. The van der Waals surface area contributed by atoms with Gasteiger partial charge in [-0.05, 0) is 11.6 Å². The molecule has 0 amide bonds. The molecule has 1 heterocycles. The van der Waals surface area contributed by atoms with Crippen LogP contribution in [-0.4, -0.2) is 19.1 Å². The van der Waals surface area contributed by atoms with Crippen LogP contribution in [0.4, 0.5) is 12.9 Å². The SMILES string of the molecule is COc1cnccc1C[B-](F)(F)F.[K+]. The molecule has 1 aromatic heterocycles. The van der Waals surface area contributed by atoms with Crippen LogP contribution < -0.4 is 56.1 Å². The number of hydrogen-bond donors (Lipinski definition) is 0. The number of rotatable bonds is 3. The number of methoxy groups -OCH3 is 1. The van der Waals surface area contributed by atoms with Crippen LogP contribution in [0.1, 0.15) is 5.56 Å². The monoisotopic (exact) mass is 229 g/mol. The van der Waals surface area contributed by atoms with E-state index in [2.05, 4.69) is 4.98 Å². The summed E-state index contributed by atoms with van der Waals surface area (Å²) in [6.45, 7) is -4.82. The smallest absolute Gasteiger partial charge is 0.495 e. The molecule has 2 nitrogen and oxygen atoms in total. The Morgan fingerprint density at radius 2 is 2.07 bits per heavy atom. The van der Waals surface area contributed by atoms with Crippen molar-refractivity contribution in [2.45, 2.75) is 6.32 Å². The molecule has 0 aliphatic carbocycles. The largest absolute Gasteiger partial charge is 1.00 e. The predicted octanol–water partition coefficient (Wildman–Crippen LogP) is -0.977. The fourth-order valence-corrected chi connectivity index (χ4v) is 1.01. The summed E-state index contributed by atoms with van der Waals surface area (Å²) in [6, 6.07) is 1.31. The van der Waals surface area contributed by atoms with Crippen molar-refractivity contribution in [1.29, 1.82) is 0 Å². The number of halogens is 3. The molecule has 72 valence electrons. The average molecular weight is 229 g/mol. The molecule has 0 atom stereocenters. The van der Waals surface area contributed by atoms with Crippen molar-refractivity contribution < 1.29 is 69.1 Å². The molecule has 1 rings (SSSR count). The quantitative estimate of drug-likeness (QED) is 0.622. The van der Waals surface area contributed by atoms with Crippen LogP contribution in [0.25, 0.3) is 0 Å². The Bertz CT molecular complexity index is 295. The van der Waals surface area contributed by atoms with E-state index in [1.165, 1.54) is 25.6 Å². The maximum Gasteiger partial charge on any atom is 1.00 e. The van der Waals surface area contributed by atoms with Gasteiger partial charge in [0.15, 0.2) is 0 Å². The summed E-state index contributed by atoms with van der Waals surface area (Å²) >= 11 is 0. The summed E-state index contributed by atoms with van der Waals surface area (Å²) < 4.78 is 40.9. The summed E-state index contributed by atoms with van der Waals surface area (Å²) in [5.74, 6) is 0.182.